The third-order valence-corrected chi connectivity index (χ3v) is 3.11. The predicted octanol–water partition coefficient (Wildman–Crippen LogP) is 2.45. The number of rotatable bonds is 5. The Labute approximate surface area is 92.3 Å². The van der Waals surface area contributed by atoms with Crippen molar-refractivity contribution in [2.45, 2.75) is 51.0 Å². The van der Waals surface area contributed by atoms with Crippen molar-refractivity contribution < 1.29 is 0 Å². The van der Waals surface area contributed by atoms with Gasteiger partial charge in [0.05, 0.1) is 12.1 Å². The van der Waals surface area contributed by atoms with Crippen LogP contribution < -0.4 is 0 Å². The van der Waals surface area contributed by atoms with E-state index in [1.807, 2.05) is 0 Å². The van der Waals surface area contributed by atoms with E-state index in [9.17, 15) is 0 Å². The number of hydrogen-bond acceptors (Lipinski definition) is 3. The summed E-state index contributed by atoms with van der Waals surface area (Å²) in [7, 11) is 0. The van der Waals surface area contributed by atoms with Gasteiger partial charge in [-0.2, -0.15) is 10.5 Å². The lowest BCUT2D eigenvalue weighted by molar-refractivity contribution is 0.162. The molecule has 0 aromatic rings. The van der Waals surface area contributed by atoms with Gasteiger partial charge >= 0.3 is 0 Å². The minimum absolute atomic E-state index is 0.585. The maximum Gasteiger partial charge on any atom is 0.0635 e. The molecule has 0 spiro atoms. The van der Waals surface area contributed by atoms with E-state index in [0.29, 0.717) is 18.9 Å². The molecule has 0 atom stereocenters. The van der Waals surface area contributed by atoms with Gasteiger partial charge in [-0.3, -0.25) is 4.90 Å². The van der Waals surface area contributed by atoms with Gasteiger partial charge in [0.15, 0.2) is 0 Å². The van der Waals surface area contributed by atoms with Crippen LogP contribution in [0, 0.1) is 22.7 Å². The molecular weight excluding hydrogens is 186 g/mol. The van der Waals surface area contributed by atoms with Gasteiger partial charge in [-0.1, -0.05) is 19.3 Å². The van der Waals surface area contributed by atoms with Crippen LogP contribution in [0.1, 0.15) is 44.9 Å². The minimum atomic E-state index is 0.585. The van der Waals surface area contributed by atoms with E-state index in [-0.39, 0.29) is 0 Å². The normalized spacial score (nSPS) is 17.3. The molecule has 3 heteroatoms. The second-order valence-corrected chi connectivity index (χ2v) is 4.14. The van der Waals surface area contributed by atoms with E-state index in [1.165, 1.54) is 32.1 Å². The summed E-state index contributed by atoms with van der Waals surface area (Å²) in [6.07, 6.45) is 7.62. The van der Waals surface area contributed by atoms with Crippen LogP contribution in [0.15, 0.2) is 0 Å². The van der Waals surface area contributed by atoms with Crippen LogP contribution in [-0.2, 0) is 0 Å². The van der Waals surface area contributed by atoms with Crippen molar-refractivity contribution >= 4 is 0 Å². The molecule has 1 rings (SSSR count). The molecule has 0 aromatic carbocycles. The molecule has 0 unspecified atom stereocenters. The van der Waals surface area contributed by atoms with Crippen molar-refractivity contribution in [1.82, 2.24) is 4.90 Å². The average molecular weight is 205 g/mol. The Bertz CT molecular complexity index is 225. The molecule has 1 fully saturated rings. The summed E-state index contributed by atoms with van der Waals surface area (Å²) in [5, 5.41) is 17.2. The third-order valence-electron chi connectivity index (χ3n) is 3.11. The topological polar surface area (TPSA) is 50.8 Å². The quantitative estimate of drug-likeness (QED) is 0.692. The highest BCUT2D eigenvalue weighted by atomic mass is 15.1. The van der Waals surface area contributed by atoms with Gasteiger partial charge in [0, 0.05) is 32.0 Å². The van der Waals surface area contributed by atoms with Crippen LogP contribution in [0.25, 0.3) is 0 Å². The average Bonchev–Trinajstić information content (AvgIpc) is 2.30. The van der Waals surface area contributed by atoms with Crippen molar-refractivity contribution in [2.24, 2.45) is 0 Å². The molecule has 1 aliphatic rings. The fraction of sp³-hybridized carbons (Fsp3) is 0.833. The zero-order chi connectivity index (χ0) is 10.9. The Hall–Kier alpha value is -1.06. The smallest absolute Gasteiger partial charge is 0.0635 e. The predicted molar refractivity (Wildman–Crippen MR) is 58.9 cm³/mol. The lowest BCUT2D eigenvalue weighted by Crippen LogP contribution is -2.38. The number of nitrogens with zero attached hydrogens (tertiary/aromatic N) is 3. The van der Waals surface area contributed by atoms with Gasteiger partial charge in [0.1, 0.15) is 0 Å². The monoisotopic (exact) mass is 205 g/mol. The van der Waals surface area contributed by atoms with Crippen LogP contribution in [-0.4, -0.2) is 24.0 Å². The van der Waals surface area contributed by atoms with E-state index >= 15 is 0 Å². The molecule has 82 valence electrons. The lowest BCUT2D eigenvalue weighted by Gasteiger charge is -2.33. The summed E-state index contributed by atoms with van der Waals surface area (Å²) in [6, 6.07) is 5.00. The molecule has 0 saturated heterocycles. The van der Waals surface area contributed by atoms with Gasteiger partial charge in [-0.25, -0.2) is 0 Å². The van der Waals surface area contributed by atoms with E-state index in [4.69, 9.17) is 10.5 Å². The second kappa shape index (κ2) is 7.26. The first-order valence-electron chi connectivity index (χ1n) is 5.86. The van der Waals surface area contributed by atoms with E-state index in [2.05, 4.69) is 17.0 Å². The summed E-state index contributed by atoms with van der Waals surface area (Å²) in [4.78, 5) is 2.34. The number of nitriles is 2. The molecule has 0 bridgehead atoms. The zero-order valence-electron chi connectivity index (χ0n) is 9.28. The fourth-order valence-electron chi connectivity index (χ4n) is 2.31. The Balaban J connectivity index is 2.39. The Morgan fingerprint density at radius 3 is 1.93 bits per heavy atom. The molecule has 0 amide bonds. The van der Waals surface area contributed by atoms with E-state index in [0.717, 1.165) is 13.1 Å². The first kappa shape index (κ1) is 12.0. The van der Waals surface area contributed by atoms with Crippen molar-refractivity contribution in [1.29, 1.82) is 10.5 Å². The highest BCUT2D eigenvalue weighted by molar-refractivity contribution is 4.82. The molecule has 0 heterocycles. The minimum Gasteiger partial charge on any atom is -0.298 e. The molecule has 1 aliphatic carbocycles. The van der Waals surface area contributed by atoms with Gasteiger partial charge in [0.2, 0.25) is 0 Å². The standard InChI is InChI=1S/C12H19N3/c13-8-4-10-15(11-5-9-14)12-6-2-1-3-7-12/h12H,1-7,10-11H2. The lowest BCUT2D eigenvalue weighted by atomic mass is 9.94. The van der Waals surface area contributed by atoms with Crippen molar-refractivity contribution in [2.75, 3.05) is 13.1 Å². The van der Waals surface area contributed by atoms with E-state index < -0.39 is 0 Å². The maximum atomic E-state index is 8.60. The molecule has 1 saturated carbocycles. The fourth-order valence-corrected chi connectivity index (χ4v) is 2.31. The van der Waals surface area contributed by atoms with Gasteiger partial charge in [-0.05, 0) is 12.8 Å². The molecule has 3 nitrogen and oxygen atoms in total. The Morgan fingerprint density at radius 2 is 1.47 bits per heavy atom. The largest absolute Gasteiger partial charge is 0.298 e. The van der Waals surface area contributed by atoms with Crippen LogP contribution in [0.4, 0.5) is 0 Å². The third kappa shape index (κ3) is 4.32. The Kier molecular flexibility index (Phi) is 5.81. The first-order chi connectivity index (χ1) is 7.38. The molecule has 0 aromatic heterocycles. The summed E-state index contributed by atoms with van der Waals surface area (Å²) in [5.74, 6) is 0. The Morgan fingerprint density at radius 1 is 0.933 bits per heavy atom. The van der Waals surface area contributed by atoms with Crippen LogP contribution in [0.2, 0.25) is 0 Å². The summed E-state index contributed by atoms with van der Waals surface area (Å²) in [6.45, 7) is 1.67. The summed E-state index contributed by atoms with van der Waals surface area (Å²) in [5.41, 5.74) is 0. The van der Waals surface area contributed by atoms with Gasteiger partial charge in [-0.15, -0.1) is 0 Å². The second-order valence-electron chi connectivity index (χ2n) is 4.14. The zero-order valence-corrected chi connectivity index (χ0v) is 9.28. The highest BCUT2D eigenvalue weighted by Gasteiger charge is 2.20. The molecule has 0 N–H and O–H groups in total. The van der Waals surface area contributed by atoms with Crippen molar-refractivity contribution in [3.63, 3.8) is 0 Å². The summed E-state index contributed by atoms with van der Waals surface area (Å²) >= 11 is 0. The molecule has 15 heavy (non-hydrogen) atoms. The maximum absolute atomic E-state index is 8.60. The molecule has 0 aliphatic heterocycles. The van der Waals surface area contributed by atoms with Gasteiger partial charge < -0.3 is 0 Å². The SMILES string of the molecule is N#CCCN(CCC#N)C1CCCCC1. The van der Waals surface area contributed by atoms with Crippen molar-refractivity contribution in [3.8, 4) is 12.1 Å². The van der Waals surface area contributed by atoms with Crippen LogP contribution in [0.3, 0.4) is 0 Å². The molecule has 0 radical (unpaired) electrons. The number of hydrogen-bond donors (Lipinski definition) is 0. The van der Waals surface area contributed by atoms with Crippen LogP contribution in [0.5, 0.6) is 0 Å². The van der Waals surface area contributed by atoms with E-state index in [1.54, 1.807) is 0 Å². The highest BCUT2D eigenvalue weighted by Crippen LogP contribution is 2.22. The molecular formula is C12H19N3. The summed E-state index contributed by atoms with van der Waals surface area (Å²) < 4.78 is 0. The van der Waals surface area contributed by atoms with Crippen molar-refractivity contribution in [3.05, 3.63) is 0 Å². The first-order valence-corrected chi connectivity index (χ1v) is 5.86. The van der Waals surface area contributed by atoms with Crippen LogP contribution >= 0.6 is 0 Å². The van der Waals surface area contributed by atoms with Gasteiger partial charge in [0.25, 0.3) is 0 Å².